The normalized spacial score (nSPS) is 10.6. The minimum atomic E-state index is -0.196. The molecule has 0 saturated heterocycles. The van der Waals surface area contributed by atoms with Gasteiger partial charge in [0, 0.05) is 23.9 Å². The van der Waals surface area contributed by atoms with Gasteiger partial charge in [-0.1, -0.05) is 19.1 Å². The Morgan fingerprint density at radius 3 is 2.71 bits per heavy atom. The molecule has 0 radical (unpaired) electrons. The van der Waals surface area contributed by atoms with Gasteiger partial charge in [-0.25, -0.2) is 4.39 Å². The molecule has 1 aromatic carbocycles. The van der Waals surface area contributed by atoms with Gasteiger partial charge in [0.05, 0.1) is 12.8 Å². The summed E-state index contributed by atoms with van der Waals surface area (Å²) in [6.45, 7) is 6.04. The Kier molecular flexibility index (Phi) is 5.69. The topological polar surface area (TPSA) is 34.2 Å². The average Bonchev–Trinajstić information content (AvgIpc) is 2.50. The Morgan fingerprint density at radius 2 is 2.00 bits per heavy atom. The Morgan fingerprint density at radius 1 is 1.14 bits per heavy atom. The second kappa shape index (κ2) is 7.74. The number of nitrogens with one attached hydrogen (secondary N) is 1. The standard InChI is InChI=1S/C17H21FN2O/c1-3-7-19-10-14-6-5-13(9-17(14)18)15-8-16(21-4-2)12-20-11-15/h5-6,8-9,11-12,19H,3-4,7,10H2,1-2H3. The molecular formula is C17H21FN2O. The fourth-order valence-electron chi connectivity index (χ4n) is 2.09. The first-order valence-corrected chi connectivity index (χ1v) is 7.32. The SMILES string of the molecule is CCCNCc1ccc(-c2cncc(OCC)c2)cc1F. The monoisotopic (exact) mass is 288 g/mol. The minimum absolute atomic E-state index is 0.196. The highest BCUT2D eigenvalue weighted by molar-refractivity contribution is 5.64. The Bertz CT molecular complexity index is 587. The summed E-state index contributed by atoms with van der Waals surface area (Å²) in [5.74, 6) is 0.502. The van der Waals surface area contributed by atoms with E-state index in [0.717, 1.165) is 24.1 Å². The first-order valence-electron chi connectivity index (χ1n) is 7.32. The molecule has 0 saturated carbocycles. The van der Waals surface area contributed by atoms with Gasteiger partial charge in [-0.2, -0.15) is 0 Å². The minimum Gasteiger partial charge on any atom is -0.492 e. The number of halogens is 1. The van der Waals surface area contributed by atoms with Crippen LogP contribution in [0.25, 0.3) is 11.1 Å². The summed E-state index contributed by atoms with van der Waals surface area (Å²) in [6, 6.07) is 7.16. The van der Waals surface area contributed by atoms with Gasteiger partial charge < -0.3 is 10.1 Å². The second-order valence-corrected chi connectivity index (χ2v) is 4.83. The van der Waals surface area contributed by atoms with E-state index in [1.807, 2.05) is 25.1 Å². The summed E-state index contributed by atoms with van der Waals surface area (Å²) in [6.07, 6.45) is 4.41. The molecule has 2 rings (SSSR count). The largest absolute Gasteiger partial charge is 0.492 e. The van der Waals surface area contributed by atoms with Crippen molar-refractivity contribution in [2.24, 2.45) is 0 Å². The summed E-state index contributed by atoms with van der Waals surface area (Å²) < 4.78 is 19.5. The fraction of sp³-hybridized carbons (Fsp3) is 0.353. The van der Waals surface area contributed by atoms with E-state index in [0.29, 0.717) is 24.5 Å². The van der Waals surface area contributed by atoms with Gasteiger partial charge in [-0.3, -0.25) is 4.98 Å². The molecule has 0 aliphatic carbocycles. The van der Waals surface area contributed by atoms with Crippen molar-refractivity contribution in [2.75, 3.05) is 13.2 Å². The zero-order valence-electron chi connectivity index (χ0n) is 12.5. The van der Waals surface area contributed by atoms with Gasteiger partial charge in [0.1, 0.15) is 11.6 Å². The maximum Gasteiger partial charge on any atom is 0.138 e. The fourth-order valence-corrected chi connectivity index (χ4v) is 2.09. The average molecular weight is 288 g/mol. The van der Waals surface area contributed by atoms with Gasteiger partial charge in [-0.15, -0.1) is 0 Å². The number of hydrogen-bond acceptors (Lipinski definition) is 3. The molecule has 1 heterocycles. The molecule has 3 nitrogen and oxygen atoms in total. The van der Waals surface area contributed by atoms with E-state index in [1.165, 1.54) is 0 Å². The molecule has 1 aromatic heterocycles. The van der Waals surface area contributed by atoms with Gasteiger partial charge in [0.2, 0.25) is 0 Å². The number of aromatic nitrogens is 1. The van der Waals surface area contributed by atoms with Crippen LogP contribution in [0.15, 0.2) is 36.7 Å². The number of pyridine rings is 1. The van der Waals surface area contributed by atoms with E-state index >= 15 is 0 Å². The van der Waals surface area contributed by atoms with Crippen molar-refractivity contribution in [2.45, 2.75) is 26.8 Å². The number of nitrogens with zero attached hydrogens (tertiary/aromatic N) is 1. The molecule has 0 bridgehead atoms. The maximum atomic E-state index is 14.1. The molecule has 0 fully saturated rings. The van der Waals surface area contributed by atoms with Crippen LogP contribution >= 0.6 is 0 Å². The lowest BCUT2D eigenvalue weighted by molar-refractivity contribution is 0.339. The third-order valence-electron chi connectivity index (χ3n) is 3.15. The van der Waals surface area contributed by atoms with E-state index in [2.05, 4.69) is 17.2 Å². The van der Waals surface area contributed by atoms with Crippen molar-refractivity contribution < 1.29 is 9.13 Å². The van der Waals surface area contributed by atoms with Gasteiger partial charge >= 0.3 is 0 Å². The van der Waals surface area contributed by atoms with Crippen LogP contribution in [-0.4, -0.2) is 18.1 Å². The molecule has 112 valence electrons. The molecule has 21 heavy (non-hydrogen) atoms. The molecule has 0 atom stereocenters. The molecule has 2 aromatic rings. The molecule has 0 spiro atoms. The predicted molar refractivity (Wildman–Crippen MR) is 82.8 cm³/mol. The van der Waals surface area contributed by atoms with Crippen molar-refractivity contribution >= 4 is 0 Å². The van der Waals surface area contributed by atoms with E-state index in [9.17, 15) is 4.39 Å². The van der Waals surface area contributed by atoms with Gasteiger partial charge in [0.25, 0.3) is 0 Å². The summed E-state index contributed by atoms with van der Waals surface area (Å²) in [5, 5.41) is 3.20. The highest BCUT2D eigenvalue weighted by Crippen LogP contribution is 2.24. The van der Waals surface area contributed by atoms with Crippen molar-refractivity contribution in [3.63, 3.8) is 0 Å². The third kappa shape index (κ3) is 4.26. The van der Waals surface area contributed by atoms with Crippen LogP contribution in [0.2, 0.25) is 0 Å². The van der Waals surface area contributed by atoms with Crippen molar-refractivity contribution in [3.8, 4) is 16.9 Å². The molecule has 1 N–H and O–H groups in total. The number of hydrogen-bond donors (Lipinski definition) is 1. The van der Waals surface area contributed by atoms with Crippen LogP contribution in [0.5, 0.6) is 5.75 Å². The van der Waals surface area contributed by atoms with Crippen LogP contribution in [0.1, 0.15) is 25.8 Å². The summed E-state index contributed by atoms with van der Waals surface area (Å²) in [5.41, 5.74) is 2.34. The summed E-state index contributed by atoms with van der Waals surface area (Å²) in [7, 11) is 0. The van der Waals surface area contributed by atoms with Crippen LogP contribution in [0, 0.1) is 5.82 Å². The maximum absolute atomic E-state index is 14.1. The van der Waals surface area contributed by atoms with E-state index in [4.69, 9.17) is 4.74 Å². The number of benzene rings is 1. The van der Waals surface area contributed by atoms with E-state index < -0.39 is 0 Å². The van der Waals surface area contributed by atoms with E-state index in [-0.39, 0.29) is 5.82 Å². The predicted octanol–water partition coefficient (Wildman–Crippen LogP) is 3.79. The summed E-state index contributed by atoms with van der Waals surface area (Å²) >= 11 is 0. The lowest BCUT2D eigenvalue weighted by atomic mass is 10.0. The molecule has 0 aliphatic rings. The van der Waals surface area contributed by atoms with Gasteiger partial charge in [0.15, 0.2) is 0 Å². The Hall–Kier alpha value is -1.94. The smallest absolute Gasteiger partial charge is 0.138 e. The number of ether oxygens (including phenoxy) is 1. The van der Waals surface area contributed by atoms with Crippen LogP contribution in [-0.2, 0) is 6.54 Å². The molecular weight excluding hydrogens is 267 g/mol. The van der Waals surface area contributed by atoms with Crippen molar-refractivity contribution in [1.29, 1.82) is 0 Å². The zero-order chi connectivity index (χ0) is 15.1. The quantitative estimate of drug-likeness (QED) is 0.787. The first-order chi connectivity index (χ1) is 10.2. The van der Waals surface area contributed by atoms with Crippen LogP contribution in [0.3, 0.4) is 0 Å². The zero-order valence-corrected chi connectivity index (χ0v) is 12.5. The van der Waals surface area contributed by atoms with Crippen LogP contribution < -0.4 is 10.1 Å². The van der Waals surface area contributed by atoms with Crippen molar-refractivity contribution in [3.05, 3.63) is 48.0 Å². The number of rotatable bonds is 7. The highest BCUT2D eigenvalue weighted by Gasteiger charge is 2.06. The lowest BCUT2D eigenvalue weighted by Crippen LogP contribution is -2.14. The molecule has 4 heteroatoms. The second-order valence-electron chi connectivity index (χ2n) is 4.83. The Balaban J connectivity index is 2.17. The molecule has 0 aliphatic heterocycles. The lowest BCUT2D eigenvalue weighted by Gasteiger charge is -2.09. The highest BCUT2D eigenvalue weighted by atomic mass is 19.1. The van der Waals surface area contributed by atoms with E-state index in [1.54, 1.807) is 18.5 Å². The third-order valence-corrected chi connectivity index (χ3v) is 3.15. The summed E-state index contributed by atoms with van der Waals surface area (Å²) in [4.78, 5) is 4.13. The van der Waals surface area contributed by atoms with Crippen molar-refractivity contribution in [1.82, 2.24) is 10.3 Å². The van der Waals surface area contributed by atoms with Gasteiger partial charge in [-0.05, 0) is 37.6 Å². The molecule has 0 unspecified atom stereocenters. The Labute approximate surface area is 125 Å². The first kappa shape index (κ1) is 15.4. The van der Waals surface area contributed by atoms with Crippen LogP contribution in [0.4, 0.5) is 4.39 Å². The molecule has 0 amide bonds.